The minimum absolute atomic E-state index is 0.172. The monoisotopic (exact) mass is 260 g/mol. The van der Waals surface area contributed by atoms with Crippen LogP contribution in [0.1, 0.15) is 11.8 Å². The highest BCUT2D eigenvalue weighted by Gasteiger charge is 2.13. The molecule has 0 saturated heterocycles. The molecular formula is C13H12N2O2S. The van der Waals surface area contributed by atoms with Crippen molar-refractivity contribution in [3.8, 4) is 0 Å². The number of thioether (sulfide) groups is 1. The van der Waals surface area contributed by atoms with Gasteiger partial charge in [0.05, 0.1) is 12.2 Å². The van der Waals surface area contributed by atoms with Gasteiger partial charge < -0.3 is 14.6 Å². The van der Waals surface area contributed by atoms with Crippen LogP contribution < -0.4 is 5.73 Å². The van der Waals surface area contributed by atoms with Crippen molar-refractivity contribution in [1.29, 1.82) is 0 Å². The number of fused-ring (bicyclic) bond motifs is 1. The van der Waals surface area contributed by atoms with Gasteiger partial charge in [0.25, 0.3) is 5.22 Å². The van der Waals surface area contributed by atoms with E-state index in [0.717, 1.165) is 16.7 Å². The van der Waals surface area contributed by atoms with E-state index in [1.807, 2.05) is 30.3 Å². The predicted molar refractivity (Wildman–Crippen MR) is 70.4 cm³/mol. The molecule has 0 bridgehead atoms. The zero-order valence-corrected chi connectivity index (χ0v) is 10.4. The first-order valence-electron chi connectivity index (χ1n) is 5.59. The Hall–Kier alpha value is -1.72. The van der Waals surface area contributed by atoms with E-state index < -0.39 is 0 Å². The molecule has 2 N–H and O–H groups in total. The average Bonchev–Trinajstić information content (AvgIpc) is 3.04. The van der Waals surface area contributed by atoms with Crippen LogP contribution in [0.15, 0.2) is 56.8 Å². The van der Waals surface area contributed by atoms with Crippen LogP contribution in [0.5, 0.6) is 0 Å². The number of para-hydroxylation sites is 1. The van der Waals surface area contributed by atoms with E-state index in [1.165, 1.54) is 11.8 Å². The summed E-state index contributed by atoms with van der Waals surface area (Å²) in [6, 6.07) is 9.69. The Morgan fingerprint density at radius 3 is 3.00 bits per heavy atom. The molecule has 18 heavy (non-hydrogen) atoms. The first-order valence-corrected chi connectivity index (χ1v) is 6.58. The summed E-state index contributed by atoms with van der Waals surface area (Å²) in [6.07, 6.45) is 3.17. The standard InChI is InChI=1S/C13H12N2O2S/c14-10(8-18-13-15-5-6-16-13)12-7-9-3-1-2-4-11(9)17-12/h1-7,10H,8,14H2. The second-order valence-electron chi connectivity index (χ2n) is 3.90. The van der Waals surface area contributed by atoms with Crippen molar-refractivity contribution in [2.45, 2.75) is 11.3 Å². The number of rotatable bonds is 4. The van der Waals surface area contributed by atoms with E-state index >= 15 is 0 Å². The topological polar surface area (TPSA) is 65.2 Å². The van der Waals surface area contributed by atoms with Crippen molar-refractivity contribution in [2.75, 3.05) is 5.75 Å². The minimum atomic E-state index is -0.172. The van der Waals surface area contributed by atoms with Gasteiger partial charge in [-0.1, -0.05) is 30.0 Å². The molecule has 1 atom stereocenters. The van der Waals surface area contributed by atoms with Crippen molar-refractivity contribution in [3.05, 3.63) is 48.6 Å². The van der Waals surface area contributed by atoms with Crippen LogP contribution in [0.3, 0.4) is 0 Å². The Labute approximate surface area is 108 Å². The lowest BCUT2D eigenvalue weighted by molar-refractivity contribution is 0.453. The number of aromatic nitrogens is 1. The fourth-order valence-electron chi connectivity index (χ4n) is 1.71. The lowest BCUT2D eigenvalue weighted by Gasteiger charge is -2.05. The van der Waals surface area contributed by atoms with Crippen molar-refractivity contribution in [2.24, 2.45) is 5.73 Å². The lowest BCUT2D eigenvalue weighted by Crippen LogP contribution is -2.11. The number of nitrogens with two attached hydrogens (primary N) is 1. The Morgan fingerprint density at radius 2 is 2.22 bits per heavy atom. The fraction of sp³-hybridized carbons (Fsp3) is 0.154. The number of benzene rings is 1. The first-order chi connectivity index (χ1) is 8.83. The van der Waals surface area contributed by atoms with E-state index in [9.17, 15) is 0 Å². The Morgan fingerprint density at radius 1 is 1.33 bits per heavy atom. The predicted octanol–water partition coefficient (Wildman–Crippen LogP) is 3.21. The summed E-state index contributed by atoms with van der Waals surface area (Å²) in [5, 5.41) is 1.70. The molecule has 5 heteroatoms. The molecule has 1 aromatic carbocycles. The summed E-state index contributed by atoms with van der Waals surface area (Å²) in [6.45, 7) is 0. The van der Waals surface area contributed by atoms with Crippen LogP contribution in [0, 0.1) is 0 Å². The molecule has 0 spiro atoms. The number of furan rings is 1. The van der Waals surface area contributed by atoms with E-state index in [-0.39, 0.29) is 6.04 Å². The van der Waals surface area contributed by atoms with Gasteiger partial charge in [-0.15, -0.1) is 0 Å². The molecule has 0 aliphatic carbocycles. The third-order valence-electron chi connectivity index (χ3n) is 2.61. The van der Waals surface area contributed by atoms with Crippen LogP contribution >= 0.6 is 11.8 Å². The largest absolute Gasteiger partial charge is 0.459 e. The highest BCUT2D eigenvalue weighted by molar-refractivity contribution is 7.99. The molecule has 4 nitrogen and oxygen atoms in total. The summed E-state index contributed by atoms with van der Waals surface area (Å²) >= 11 is 1.48. The lowest BCUT2D eigenvalue weighted by atomic mass is 10.2. The Kier molecular flexibility index (Phi) is 3.08. The molecule has 0 aliphatic heterocycles. The van der Waals surface area contributed by atoms with Crippen molar-refractivity contribution in [3.63, 3.8) is 0 Å². The molecule has 1 unspecified atom stereocenters. The summed E-state index contributed by atoms with van der Waals surface area (Å²) < 4.78 is 10.9. The quantitative estimate of drug-likeness (QED) is 0.730. The first kappa shape index (κ1) is 11.4. The number of hydrogen-bond donors (Lipinski definition) is 1. The molecular weight excluding hydrogens is 248 g/mol. The summed E-state index contributed by atoms with van der Waals surface area (Å²) in [5.74, 6) is 1.45. The summed E-state index contributed by atoms with van der Waals surface area (Å²) in [5.41, 5.74) is 6.96. The number of hydrogen-bond acceptors (Lipinski definition) is 5. The molecule has 0 fully saturated rings. The van der Waals surface area contributed by atoms with Gasteiger partial charge in [0.1, 0.15) is 17.6 Å². The van der Waals surface area contributed by atoms with Crippen molar-refractivity contribution >= 4 is 22.7 Å². The van der Waals surface area contributed by atoms with Gasteiger partial charge in [-0.3, -0.25) is 0 Å². The minimum Gasteiger partial charge on any atom is -0.459 e. The maximum Gasteiger partial charge on any atom is 0.255 e. The molecule has 0 aliphatic rings. The van der Waals surface area contributed by atoms with Crippen molar-refractivity contribution < 1.29 is 8.83 Å². The van der Waals surface area contributed by atoms with Crippen LogP contribution in [0.25, 0.3) is 11.0 Å². The normalized spacial score (nSPS) is 12.9. The third kappa shape index (κ3) is 2.27. The number of nitrogens with zero attached hydrogens (tertiary/aromatic N) is 1. The van der Waals surface area contributed by atoms with Gasteiger partial charge in [0, 0.05) is 11.1 Å². The maximum atomic E-state index is 6.09. The van der Waals surface area contributed by atoms with E-state index in [2.05, 4.69) is 4.98 Å². The summed E-state index contributed by atoms with van der Waals surface area (Å²) in [4.78, 5) is 4.03. The molecule has 3 rings (SSSR count). The Balaban J connectivity index is 1.73. The molecule has 2 heterocycles. The van der Waals surface area contributed by atoms with Crippen LogP contribution in [0.4, 0.5) is 0 Å². The second kappa shape index (κ2) is 4.88. The highest BCUT2D eigenvalue weighted by atomic mass is 32.2. The second-order valence-corrected chi connectivity index (χ2v) is 4.87. The highest BCUT2D eigenvalue weighted by Crippen LogP contribution is 2.26. The zero-order valence-electron chi connectivity index (χ0n) is 9.58. The van der Waals surface area contributed by atoms with Gasteiger partial charge >= 0.3 is 0 Å². The molecule has 0 radical (unpaired) electrons. The van der Waals surface area contributed by atoms with Crippen LogP contribution in [-0.2, 0) is 0 Å². The SMILES string of the molecule is NC(CSc1ncco1)c1cc2ccccc2o1. The Bertz CT molecular complexity index is 600. The molecule has 0 saturated carbocycles. The van der Waals surface area contributed by atoms with Gasteiger partial charge in [-0.2, -0.15) is 0 Å². The third-order valence-corrected chi connectivity index (χ3v) is 3.58. The summed E-state index contributed by atoms with van der Waals surface area (Å²) in [7, 11) is 0. The number of oxazole rings is 1. The molecule has 0 amide bonds. The van der Waals surface area contributed by atoms with E-state index in [0.29, 0.717) is 11.0 Å². The van der Waals surface area contributed by atoms with Crippen molar-refractivity contribution in [1.82, 2.24) is 4.98 Å². The smallest absolute Gasteiger partial charge is 0.255 e. The zero-order chi connectivity index (χ0) is 12.4. The van der Waals surface area contributed by atoms with Gasteiger partial charge in [0.15, 0.2) is 0 Å². The van der Waals surface area contributed by atoms with E-state index in [1.54, 1.807) is 12.5 Å². The maximum absolute atomic E-state index is 6.09. The molecule has 3 aromatic rings. The van der Waals surface area contributed by atoms with Crippen LogP contribution in [-0.4, -0.2) is 10.7 Å². The average molecular weight is 260 g/mol. The van der Waals surface area contributed by atoms with E-state index in [4.69, 9.17) is 14.6 Å². The molecule has 2 aromatic heterocycles. The van der Waals surface area contributed by atoms with Gasteiger partial charge in [0.2, 0.25) is 0 Å². The molecule has 92 valence electrons. The van der Waals surface area contributed by atoms with Crippen LogP contribution in [0.2, 0.25) is 0 Å². The van der Waals surface area contributed by atoms with Gasteiger partial charge in [-0.25, -0.2) is 4.98 Å². The fourth-order valence-corrected chi connectivity index (χ4v) is 2.46. The van der Waals surface area contributed by atoms with Gasteiger partial charge in [-0.05, 0) is 12.1 Å².